The number of hydrogen-bond acceptors (Lipinski definition) is 0. The largest absolute Gasteiger partial charge is 1.00 e. The summed E-state index contributed by atoms with van der Waals surface area (Å²) in [5, 5.41) is 0.916. The molecule has 0 aliphatic carbocycles. The van der Waals surface area contributed by atoms with Crippen molar-refractivity contribution in [3.8, 4) is 0 Å². The van der Waals surface area contributed by atoms with E-state index in [4.69, 9.17) is 11.6 Å². The molecular formula is C11H13Br2ClS. The molecule has 0 radical (unpaired) electrons. The molecule has 0 saturated carbocycles. The molecule has 1 saturated heterocycles. The Morgan fingerprint density at radius 1 is 1.27 bits per heavy atom. The molecule has 15 heavy (non-hydrogen) atoms. The van der Waals surface area contributed by atoms with Crippen molar-refractivity contribution in [3.05, 3.63) is 33.3 Å². The lowest BCUT2D eigenvalue weighted by molar-refractivity contribution is -0.00000266. The first-order chi connectivity index (χ1) is 6.75. The summed E-state index contributed by atoms with van der Waals surface area (Å²) >= 11 is 9.61. The first-order valence-electron chi connectivity index (χ1n) is 4.84. The summed E-state index contributed by atoms with van der Waals surface area (Å²) < 4.78 is 1.07. The van der Waals surface area contributed by atoms with E-state index in [1.807, 2.05) is 6.07 Å². The van der Waals surface area contributed by atoms with Crippen molar-refractivity contribution in [2.75, 3.05) is 11.5 Å². The Morgan fingerprint density at radius 3 is 2.53 bits per heavy atom. The van der Waals surface area contributed by atoms with Gasteiger partial charge < -0.3 is 17.0 Å². The molecule has 4 heteroatoms. The van der Waals surface area contributed by atoms with Crippen LogP contribution in [0.5, 0.6) is 0 Å². The molecule has 0 atom stereocenters. The van der Waals surface area contributed by atoms with Crippen molar-refractivity contribution < 1.29 is 17.0 Å². The Kier molecular flexibility index (Phi) is 6.04. The minimum absolute atomic E-state index is 0. The van der Waals surface area contributed by atoms with Gasteiger partial charge in [0.15, 0.2) is 0 Å². The van der Waals surface area contributed by atoms with Crippen LogP contribution in [0.25, 0.3) is 0 Å². The molecule has 1 aromatic carbocycles. The standard InChI is InChI=1S/C11H13BrClS.BrH/c12-10-4-3-9(11(13)7-10)8-14-5-1-2-6-14;/h3-4,7H,1-2,5-6,8H2;1H/q+1;/p-1. The molecule has 1 heterocycles. The average molecular weight is 373 g/mol. The van der Waals surface area contributed by atoms with Gasteiger partial charge in [0.1, 0.15) is 17.3 Å². The molecule has 0 aromatic heterocycles. The highest BCUT2D eigenvalue weighted by molar-refractivity contribution is 9.10. The number of rotatable bonds is 2. The summed E-state index contributed by atoms with van der Waals surface area (Å²) in [6.07, 6.45) is 2.83. The van der Waals surface area contributed by atoms with Crippen molar-refractivity contribution in [2.45, 2.75) is 18.6 Å². The van der Waals surface area contributed by atoms with Gasteiger partial charge in [-0.15, -0.1) is 0 Å². The Morgan fingerprint density at radius 2 is 1.93 bits per heavy atom. The van der Waals surface area contributed by atoms with Crippen molar-refractivity contribution in [1.29, 1.82) is 0 Å². The van der Waals surface area contributed by atoms with E-state index in [2.05, 4.69) is 28.1 Å². The summed E-state index contributed by atoms with van der Waals surface area (Å²) in [6.45, 7) is 0. The lowest BCUT2D eigenvalue weighted by Crippen LogP contribution is -3.00. The van der Waals surface area contributed by atoms with Crippen LogP contribution >= 0.6 is 27.5 Å². The first-order valence-corrected chi connectivity index (χ1v) is 7.74. The molecule has 1 aromatic rings. The smallest absolute Gasteiger partial charge is 0.134 e. The molecule has 0 bridgehead atoms. The maximum atomic E-state index is 6.18. The van der Waals surface area contributed by atoms with Gasteiger partial charge >= 0.3 is 0 Å². The lowest BCUT2D eigenvalue weighted by Gasteiger charge is -2.04. The van der Waals surface area contributed by atoms with Gasteiger partial charge in [0, 0.05) is 15.1 Å². The van der Waals surface area contributed by atoms with Gasteiger partial charge in [-0.25, -0.2) is 0 Å². The van der Waals surface area contributed by atoms with Gasteiger partial charge in [-0.2, -0.15) is 0 Å². The Labute approximate surface area is 118 Å². The highest BCUT2D eigenvalue weighted by Gasteiger charge is 2.24. The van der Waals surface area contributed by atoms with Gasteiger partial charge in [0.2, 0.25) is 0 Å². The first kappa shape index (κ1) is 13.9. The Hall–Kier alpha value is 0.820. The van der Waals surface area contributed by atoms with Crippen LogP contribution in [0.15, 0.2) is 22.7 Å². The molecule has 0 spiro atoms. The second-order valence-electron chi connectivity index (χ2n) is 3.61. The van der Waals surface area contributed by atoms with E-state index < -0.39 is 0 Å². The van der Waals surface area contributed by atoms with Crippen LogP contribution in [0.2, 0.25) is 5.02 Å². The number of halogens is 3. The summed E-state index contributed by atoms with van der Waals surface area (Å²) in [5.41, 5.74) is 1.32. The monoisotopic (exact) mass is 370 g/mol. The topological polar surface area (TPSA) is 0 Å². The molecule has 0 N–H and O–H groups in total. The summed E-state index contributed by atoms with van der Waals surface area (Å²) in [4.78, 5) is 0. The Bertz CT molecular complexity index is 324. The molecular weight excluding hydrogens is 359 g/mol. The van der Waals surface area contributed by atoms with Crippen LogP contribution < -0.4 is 17.0 Å². The minimum Gasteiger partial charge on any atom is -1.00 e. The van der Waals surface area contributed by atoms with Crippen LogP contribution in [-0.4, -0.2) is 11.5 Å². The molecule has 2 rings (SSSR count). The maximum absolute atomic E-state index is 6.18. The van der Waals surface area contributed by atoms with Gasteiger partial charge in [-0.1, -0.05) is 33.6 Å². The summed E-state index contributed by atoms with van der Waals surface area (Å²) in [5.74, 6) is 4.00. The van der Waals surface area contributed by atoms with Gasteiger partial charge in [-0.3, -0.25) is 0 Å². The van der Waals surface area contributed by atoms with Crippen molar-refractivity contribution in [1.82, 2.24) is 0 Å². The van der Waals surface area contributed by atoms with Crippen molar-refractivity contribution in [2.24, 2.45) is 0 Å². The van der Waals surface area contributed by atoms with E-state index in [1.165, 1.54) is 35.7 Å². The van der Waals surface area contributed by atoms with Crippen molar-refractivity contribution >= 4 is 38.4 Å². The number of benzene rings is 1. The second-order valence-corrected chi connectivity index (χ2v) is 7.26. The van der Waals surface area contributed by atoms with Crippen LogP contribution in [-0.2, 0) is 16.6 Å². The highest BCUT2D eigenvalue weighted by atomic mass is 79.9. The average Bonchev–Trinajstić information content (AvgIpc) is 2.62. The maximum Gasteiger partial charge on any atom is 0.134 e. The van der Waals surface area contributed by atoms with E-state index in [-0.39, 0.29) is 17.0 Å². The third kappa shape index (κ3) is 3.95. The molecule has 0 amide bonds. The van der Waals surface area contributed by atoms with Crippen LogP contribution in [0.4, 0.5) is 0 Å². The highest BCUT2D eigenvalue weighted by Crippen LogP contribution is 2.26. The predicted molar refractivity (Wildman–Crippen MR) is 69.2 cm³/mol. The Balaban J connectivity index is 0.00000112. The predicted octanol–water partition coefficient (Wildman–Crippen LogP) is 1.02. The van der Waals surface area contributed by atoms with Crippen LogP contribution in [0.1, 0.15) is 18.4 Å². The minimum atomic E-state index is 0. The molecule has 0 unspecified atom stereocenters. The van der Waals surface area contributed by atoms with Crippen molar-refractivity contribution in [3.63, 3.8) is 0 Å². The quantitative estimate of drug-likeness (QED) is 0.680. The van der Waals surface area contributed by atoms with Gasteiger partial charge in [-0.05, 0) is 35.9 Å². The summed E-state index contributed by atoms with van der Waals surface area (Å²) in [6, 6.07) is 6.23. The molecule has 0 nitrogen and oxygen atoms in total. The fourth-order valence-electron chi connectivity index (χ4n) is 1.72. The van der Waals surface area contributed by atoms with E-state index >= 15 is 0 Å². The SMILES string of the molecule is Clc1cc(Br)ccc1C[S+]1CCCC1.[Br-]. The fraction of sp³-hybridized carbons (Fsp3) is 0.455. The van der Waals surface area contributed by atoms with E-state index in [9.17, 15) is 0 Å². The zero-order chi connectivity index (χ0) is 9.97. The van der Waals surface area contributed by atoms with E-state index in [0.29, 0.717) is 10.9 Å². The normalized spacial score (nSPS) is 16.4. The van der Waals surface area contributed by atoms with E-state index in [0.717, 1.165) is 9.50 Å². The zero-order valence-electron chi connectivity index (χ0n) is 8.31. The van der Waals surface area contributed by atoms with Crippen LogP contribution in [0, 0.1) is 0 Å². The van der Waals surface area contributed by atoms with E-state index in [1.54, 1.807) is 0 Å². The molecule has 1 aliphatic heterocycles. The van der Waals surface area contributed by atoms with Crippen LogP contribution in [0.3, 0.4) is 0 Å². The summed E-state index contributed by atoms with van der Waals surface area (Å²) in [7, 11) is 0.605. The second kappa shape index (κ2) is 6.53. The zero-order valence-corrected chi connectivity index (χ0v) is 13.1. The molecule has 1 aliphatic rings. The fourth-order valence-corrected chi connectivity index (χ4v) is 4.95. The molecule has 1 fully saturated rings. The third-order valence-corrected chi connectivity index (χ3v) is 5.79. The molecule has 84 valence electrons. The lowest BCUT2D eigenvalue weighted by atomic mass is 10.2. The third-order valence-electron chi connectivity index (χ3n) is 2.49. The number of hydrogen-bond donors (Lipinski definition) is 0. The van der Waals surface area contributed by atoms with Gasteiger partial charge in [0.25, 0.3) is 0 Å². The van der Waals surface area contributed by atoms with Gasteiger partial charge in [0.05, 0.1) is 0 Å².